The third-order valence-electron chi connectivity index (χ3n) is 3.52. The molecule has 0 spiro atoms. The van der Waals surface area contributed by atoms with E-state index < -0.39 is 6.09 Å². The van der Waals surface area contributed by atoms with Crippen LogP contribution in [-0.4, -0.2) is 12.6 Å². The molecule has 0 heterocycles. The molecular weight excluding hydrogens is 240 g/mol. The number of fused-ring (bicyclic) bond motifs is 3. The fourth-order valence-corrected chi connectivity index (χ4v) is 2.71. The smallest absolute Gasteiger partial charge is 0.357 e. The normalized spacial score (nSPS) is 12.7. The van der Waals surface area contributed by atoms with Gasteiger partial charge in [0.1, 0.15) is 0 Å². The highest BCUT2D eigenvalue weighted by molar-refractivity contribution is 5.79. The van der Waals surface area contributed by atoms with Gasteiger partial charge in [0.2, 0.25) is 0 Å². The van der Waals surface area contributed by atoms with E-state index in [-0.39, 0.29) is 5.92 Å². The first-order valence-corrected chi connectivity index (χ1v) is 6.14. The minimum atomic E-state index is -0.609. The van der Waals surface area contributed by atoms with E-state index in [1.165, 1.54) is 22.3 Å². The van der Waals surface area contributed by atoms with Crippen molar-refractivity contribution in [1.29, 1.82) is 0 Å². The van der Waals surface area contributed by atoms with Gasteiger partial charge in [-0.15, -0.1) is 0 Å². The van der Waals surface area contributed by atoms with Crippen LogP contribution in [0.5, 0.6) is 0 Å². The maximum Gasteiger partial charge on any atom is 0.425 e. The van der Waals surface area contributed by atoms with E-state index in [9.17, 15) is 4.79 Å². The number of carbonyl (C=O) groups excluding carboxylic acids is 1. The first-order valence-electron chi connectivity index (χ1n) is 6.14. The molecular formula is C15H14N2O2. The minimum Gasteiger partial charge on any atom is -0.357 e. The minimum absolute atomic E-state index is 0.145. The Morgan fingerprint density at radius 1 is 1.05 bits per heavy atom. The molecule has 1 aliphatic rings. The highest BCUT2D eigenvalue weighted by Crippen LogP contribution is 2.43. The van der Waals surface area contributed by atoms with Crippen molar-refractivity contribution >= 4 is 6.09 Å². The molecule has 3 rings (SSSR count). The van der Waals surface area contributed by atoms with Crippen molar-refractivity contribution in [2.24, 2.45) is 5.90 Å². The molecule has 4 nitrogen and oxygen atoms in total. The van der Waals surface area contributed by atoms with Gasteiger partial charge in [-0.1, -0.05) is 48.5 Å². The summed E-state index contributed by atoms with van der Waals surface area (Å²) in [6.45, 7) is 0.476. The van der Waals surface area contributed by atoms with Crippen LogP contribution < -0.4 is 11.2 Å². The quantitative estimate of drug-likeness (QED) is 0.809. The fourth-order valence-electron chi connectivity index (χ4n) is 2.71. The van der Waals surface area contributed by atoms with Gasteiger partial charge in [0.15, 0.2) is 0 Å². The maximum absolute atomic E-state index is 11.1. The first-order chi connectivity index (χ1) is 9.31. The fraction of sp³-hybridized carbons (Fsp3) is 0.133. The van der Waals surface area contributed by atoms with Crippen LogP contribution in [0.2, 0.25) is 0 Å². The molecule has 0 unspecified atom stereocenters. The number of hydrogen-bond donors (Lipinski definition) is 2. The molecule has 1 aliphatic carbocycles. The van der Waals surface area contributed by atoms with E-state index in [0.29, 0.717) is 6.54 Å². The second-order valence-electron chi connectivity index (χ2n) is 4.51. The van der Waals surface area contributed by atoms with Gasteiger partial charge in [0, 0.05) is 12.5 Å². The van der Waals surface area contributed by atoms with Crippen molar-refractivity contribution in [3.63, 3.8) is 0 Å². The molecule has 2 aromatic carbocycles. The zero-order valence-corrected chi connectivity index (χ0v) is 10.3. The number of amides is 1. The summed E-state index contributed by atoms with van der Waals surface area (Å²) >= 11 is 0. The van der Waals surface area contributed by atoms with Crippen LogP contribution in [-0.2, 0) is 4.84 Å². The maximum atomic E-state index is 11.1. The zero-order chi connectivity index (χ0) is 13.2. The number of benzene rings is 2. The van der Waals surface area contributed by atoms with Gasteiger partial charge in [0.05, 0.1) is 0 Å². The van der Waals surface area contributed by atoms with Crippen LogP contribution in [0.4, 0.5) is 4.79 Å². The zero-order valence-electron chi connectivity index (χ0n) is 10.3. The summed E-state index contributed by atoms with van der Waals surface area (Å²) in [5.41, 5.74) is 4.90. The molecule has 0 bridgehead atoms. The summed E-state index contributed by atoms with van der Waals surface area (Å²) in [5.74, 6) is 4.98. The summed E-state index contributed by atoms with van der Waals surface area (Å²) in [6.07, 6.45) is -0.609. The number of hydrogen-bond acceptors (Lipinski definition) is 3. The molecule has 0 fully saturated rings. The van der Waals surface area contributed by atoms with Gasteiger partial charge in [-0.25, -0.2) is 4.79 Å². The SMILES string of the molecule is NOC(=O)NCC1c2ccccc2-c2ccccc21. The standard InChI is InChI=1S/C15H14N2O2/c16-19-15(18)17-9-14-12-7-3-1-5-10(12)11-6-2-4-8-13(11)14/h1-8,14H,9,16H2,(H,17,18). The van der Waals surface area contributed by atoms with E-state index in [4.69, 9.17) is 5.90 Å². The molecule has 3 N–H and O–H groups in total. The Balaban J connectivity index is 1.98. The molecule has 0 aliphatic heterocycles. The molecule has 0 saturated heterocycles. The average molecular weight is 254 g/mol. The number of carbonyl (C=O) groups is 1. The lowest BCUT2D eigenvalue weighted by Crippen LogP contribution is -2.30. The molecule has 2 aromatic rings. The first kappa shape index (κ1) is 11.7. The Bertz CT molecular complexity index is 580. The lowest BCUT2D eigenvalue weighted by molar-refractivity contribution is 0.147. The second-order valence-corrected chi connectivity index (χ2v) is 4.51. The number of nitrogens with two attached hydrogens (primary N) is 1. The van der Waals surface area contributed by atoms with E-state index in [2.05, 4.69) is 34.4 Å². The van der Waals surface area contributed by atoms with Crippen LogP contribution in [0.15, 0.2) is 48.5 Å². The van der Waals surface area contributed by atoms with Crippen LogP contribution in [0, 0.1) is 0 Å². The van der Waals surface area contributed by atoms with E-state index >= 15 is 0 Å². The molecule has 96 valence electrons. The lowest BCUT2D eigenvalue weighted by atomic mass is 9.97. The van der Waals surface area contributed by atoms with E-state index in [1.54, 1.807) is 0 Å². The number of rotatable bonds is 2. The van der Waals surface area contributed by atoms with Crippen molar-refractivity contribution in [3.05, 3.63) is 59.7 Å². The Morgan fingerprint density at radius 2 is 1.58 bits per heavy atom. The molecule has 4 heteroatoms. The van der Waals surface area contributed by atoms with Crippen LogP contribution in [0.3, 0.4) is 0 Å². The van der Waals surface area contributed by atoms with E-state index in [0.717, 1.165) is 0 Å². The molecule has 0 radical (unpaired) electrons. The van der Waals surface area contributed by atoms with E-state index in [1.807, 2.05) is 24.3 Å². The third kappa shape index (κ3) is 1.96. The van der Waals surface area contributed by atoms with Crippen molar-refractivity contribution in [2.45, 2.75) is 5.92 Å². The monoisotopic (exact) mass is 254 g/mol. The Kier molecular flexibility index (Phi) is 2.93. The Hall–Kier alpha value is -2.33. The third-order valence-corrected chi connectivity index (χ3v) is 3.52. The predicted molar refractivity (Wildman–Crippen MR) is 72.4 cm³/mol. The topological polar surface area (TPSA) is 64.3 Å². The Morgan fingerprint density at radius 3 is 2.11 bits per heavy atom. The molecule has 0 saturated carbocycles. The molecule has 0 aromatic heterocycles. The van der Waals surface area contributed by atoms with Gasteiger partial charge >= 0.3 is 6.09 Å². The van der Waals surface area contributed by atoms with Gasteiger partial charge in [-0.3, -0.25) is 0 Å². The Labute approximate surface area is 111 Å². The van der Waals surface area contributed by atoms with Crippen molar-refractivity contribution in [1.82, 2.24) is 5.32 Å². The highest BCUT2D eigenvalue weighted by Gasteiger charge is 2.28. The van der Waals surface area contributed by atoms with Crippen molar-refractivity contribution < 1.29 is 9.63 Å². The lowest BCUT2D eigenvalue weighted by Gasteiger charge is -2.13. The van der Waals surface area contributed by atoms with Crippen LogP contribution in [0.25, 0.3) is 11.1 Å². The summed E-state index contributed by atoms with van der Waals surface area (Å²) in [5, 5.41) is 2.67. The summed E-state index contributed by atoms with van der Waals surface area (Å²) in [6, 6.07) is 16.5. The summed E-state index contributed by atoms with van der Waals surface area (Å²) < 4.78 is 0. The van der Waals surface area contributed by atoms with Crippen molar-refractivity contribution in [3.8, 4) is 11.1 Å². The molecule has 0 atom stereocenters. The van der Waals surface area contributed by atoms with Gasteiger partial charge < -0.3 is 10.2 Å². The van der Waals surface area contributed by atoms with Gasteiger partial charge in [-0.2, -0.15) is 5.90 Å². The predicted octanol–water partition coefficient (Wildman–Crippen LogP) is 2.40. The van der Waals surface area contributed by atoms with Crippen molar-refractivity contribution in [2.75, 3.05) is 6.54 Å². The summed E-state index contributed by atoms with van der Waals surface area (Å²) in [7, 11) is 0. The average Bonchev–Trinajstić information content (AvgIpc) is 2.79. The highest BCUT2D eigenvalue weighted by atomic mass is 16.7. The van der Waals surface area contributed by atoms with Crippen LogP contribution in [0.1, 0.15) is 17.0 Å². The second kappa shape index (κ2) is 4.74. The largest absolute Gasteiger partial charge is 0.425 e. The van der Waals surface area contributed by atoms with Gasteiger partial charge in [0.25, 0.3) is 0 Å². The van der Waals surface area contributed by atoms with Gasteiger partial charge in [-0.05, 0) is 22.3 Å². The van der Waals surface area contributed by atoms with Crippen LogP contribution >= 0.6 is 0 Å². The molecule has 1 amide bonds. The summed E-state index contributed by atoms with van der Waals surface area (Å²) in [4.78, 5) is 15.3. The molecule has 19 heavy (non-hydrogen) atoms. The number of nitrogens with one attached hydrogen (secondary N) is 1.